The molecule has 0 aliphatic carbocycles. The highest BCUT2D eigenvalue weighted by Crippen LogP contribution is 2.21. The van der Waals surface area contributed by atoms with Crippen molar-refractivity contribution in [2.24, 2.45) is 0 Å². The van der Waals surface area contributed by atoms with E-state index in [9.17, 15) is 9.90 Å². The summed E-state index contributed by atoms with van der Waals surface area (Å²) < 4.78 is 0. The molecule has 5 nitrogen and oxygen atoms in total. The van der Waals surface area contributed by atoms with Gasteiger partial charge in [0.15, 0.2) is 0 Å². The lowest BCUT2D eigenvalue weighted by Crippen LogP contribution is -2.43. The zero-order valence-corrected chi connectivity index (χ0v) is 14.4. The van der Waals surface area contributed by atoms with Crippen molar-refractivity contribution in [2.75, 3.05) is 13.1 Å². The SMILES string of the molecule is Cc1csc(CCCNC(=O)NCC(C)(O)c2ccsc2)n1. The number of rotatable bonds is 7. The summed E-state index contributed by atoms with van der Waals surface area (Å²) in [6.07, 6.45) is 1.71. The molecular formula is C15H21N3O2S2. The molecule has 0 aromatic carbocycles. The molecular weight excluding hydrogens is 318 g/mol. The Morgan fingerprint density at radius 3 is 2.86 bits per heavy atom. The van der Waals surface area contributed by atoms with Gasteiger partial charge in [-0.25, -0.2) is 9.78 Å². The first-order valence-electron chi connectivity index (χ1n) is 7.15. The third-order valence-electron chi connectivity index (χ3n) is 3.26. The molecule has 0 saturated carbocycles. The van der Waals surface area contributed by atoms with Crippen LogP contribution < -0.4 is 10.6 Å². The quantitative estimate of drug-likeness (QED) is 0.679. The number of amides is 2. The molecule has 2 heterocycles. The second kappa shape index (κ2) is 7.71. The average Bonchev–Trinajstić information content (AvgIpc) is 3.13. The van der Waals surface area contributed by atoms with Crippen LogP contribution in [0, 0.1) is 6.92 Å². The van der Waals surface area contributed by atoms with Gasteiger partial charge in [-0.05, 0) is 42.7 Å². The van der Waals surface area contributed by atoms with Gasteiger partial charge in [0.2, 0.25) is 0 Å². The van der Waals surface area contributed by atoms with Crippen molar-refractivity contribution in [1.82, 2.24) is 15.6 Å². The Bertz CT molecular complexity index is 594. The molecule has 120 valence electrons. The summed E-state index contributed by atoms with van der Waals surface area (Å²) in [5.41, 5.74) is 0.814. The largest absolute Gasteiger partial charge is 0.384 e. The fourth-order valence-corrected chi connectivity index (χ4v) is 3.55. The zero-order chi connectivity index (χ0) is 16.0. The number of hydrogen-bond donors (Lipinski definition) is 3. The second-order valence-electron chi connectivity index (χ2n) is 5.38. The van der Waals surface area contributed by atoms with Gasteiger partial charge in [-0.15, -0.1) is 11.3 Å². The van der Waals surface area contributed by atoms with Crippen molar-refractivity contribution in [2.45, 2.75) is 32.3 Å². The van der Waals surface area contributed by atoms with Crippen molar-refractivity contribution in [3.63, 3.8) is 0 Å². The van der Waals surface area contributed by atoms with Gasteiger partial charge in [0, 0.05) is 24.0 Å². The van der Waals surface area contributed by atoms with E-state index >= 15 is 0 Å². The second-order valence-corrected chi connectivity index (χ2v) is 7.10. The zero-order valence-electron chi connectivity index (χ0n) is 12.8. The number of carbonyl (C=O) groups is 1. The van der Waals surface area contributed by atoms with Crippen molar-refractivity contribution >= 4 is 28.7 Å². The Balaban J connectivity index is 1.64. The average molecular weight is 339 g/mol. The minimum absolute atomic E-state index is 0.182. The van der Waals surface area contributed by atoms with Gasteiger partial charge in [0.1, 0.15) is 5.60 Å². The predicted octanol–water partition coefficient (Wildman–Crippen LogP) is 2.65. The Kier molecular flexibility index (Phi) is 5.93. The highest BCUT2D eigenvalue weighted by Gasteiger charge is 2.23. The van der Waals surface area contributed by atoms with Crippen LogP contribution in [-0.4, -0.2) is 29.2 Å². The Labute approximate surface area is 138 Å². The van der Waals surface area contributed by atoms with Crippen LogP contribution in [0.4, 0.5) is 4.79 Å². The fraction of sp³-hybridized carbons (Fsp3) is 0.467. The summed E-state index contributed by atoms with van der Waals surface area (Å²) in [7, 11) is 0. The first-order chi connectivity index (χ1) is 10.5. The maximum Gasteiger partial charge on any atom is 0.314 e. The molecule has 0 bridgehead atoms. The number of thiazole rings is 1. The number of aromatic nitrogens is 1. The van der Waals surface area contributed by atoms with Crippen LogP contribution >= 0.6 is 22.7 Å². The number of hydrogen-bond acceptors (Lipinski definition) is 5. The maximum absolute atomic E-state index is 11.7. The molecule has 3 N–H and O–H groups in total. The molecule has 1 unspecified atom stereocenters. The number of aryl methyl sites for hydroxylation is 2. The summed E-state index contributed by atoms with van der Waals surface area (Å²) in [5, 5.41) is 22.7. The topological polar surface area (TPSA) is 74.2 Å². The number of aliphatic hydroxyl groups is 1. The minimum atomic E-state index is -1.05. The lowest BCUT2D eigenvalue weighted by atomic mass is 9.99. The van der Waals surface area contributed by atoms with Gasteiger partial charge in [0.05, 0.1) is 11.6 Å². The van der Waals surface area contributed by atoms with E-state index in [4.69, 9.17) is 0 Å². The van der Waals surface area contributed by atoms with Crippen LogP contribution in [0.1, 0.15) is 29.6 Å². The molecule has 2 aromatic heterocycles. The van der Waals surface area contributed by atoms with Crippen LogP contribution in [0.3, 0.4) is 0 Å². The summed E-state index contributed by atoms with van der Waals surface area (Å²) in [6.45, 7) is 4.44. The molecule has 7 heteroatoms. The normalized spacial score (nSPS) is 13.6. The standard InChI is InChI=1S/C15H21N3O2S2/c1-11-8-22-13(18-11)4-3-6-16-14(19)17-10-15(2,20)12-5-7-21-9-12/h5,7-9,20H,3-4,6,10H2,1-2H3,(H2,16,17,19). The van der Waals surface area contributed by atoms with Gasteiger partial charge in [0.25, 0.3) is 0 Å². The Hall–Kier alpha value is -1.44. The van der Waals surface area contributed by atoms with Gasteiger partial charge in [-0.1, -0.05) is 0 Å². The van der Waals surface area contributed by atoms with Crippen molar-refractivity contribution < 1.29 is 9.90 Å². The molecule has 0 radical (unpaired) electrons. The van der Waals surface area contributed by atoms with Crippen molar-refractivity contribution in [3.8, 4) is 0 Å². The predicted molar refractivity (Wildman–Crippen MR) is 90.5 cm³/mol. The van der Waals surface area contributed by atoms with E-state index < -0.39 is 5.60 Å². The van der Waals surface area contributed by atoms with E-state index in [1.807, 2.05) is 29.1 Å². The fourth-order valence-electron chi connectivity index (χ4n) is 1.95. The molecule has 0 spiro atoms. The van der Waals surface area contributed by atoms with Crippen molar-refractivity contribution in [3.05, 3.63) is 38.5 Å². The molecule has 2 rings (SSSR count). The number of carbonyl (C=O) groups excluding carboxylic acids is 1. The Morgan fingerprint density at radius 1 is 1.41 bits per heavy atom. The smallest absolute Gasteiger partial charge is 0.314 e. The van der Waals surface area contributed by atoms with Crippen LogP contribution in [0.15, 0.2) is 22.2 Å². The van der Waals surface area contributed by atoms with E-state index in [1.165, 1.54) is 11.3 Å². The molecule has 0 fully saturated rings. The summed E-state index contributed by atoms with van der Waals surface area (Å²) >= 11 is 3.17. The molecule has 1 atom stereocenters. The lowest BCUT2D eigenvalue weighted by molar-refractivity contribution is 0.0598. The molecule has 0 saturated heterocycles. The van der Waals surface area contributed by atoms with E-state index in [-0.39, 0.29) is 12.6 Å². The summed E-state index contributed by atoms with van der Waals surface area (Å²) in [6, 6.07) is 1.60. The van der Waals surface area contributed by atoms with Gasteiger partial charge in [-0.2, -0.15) is 11.3 Å². The van der Waals surface area contributed by atoms with Gasteiger partial charge >= 0.3 is 6.03 Å². The number of thiophene rings is 1. The molecule has 0 aliphatic heterocycles. The third-order valence-corrected chi connectivity index (χ3v) is 4.97. The first-order valence-corrected chi connectivity index (χ1v) is 8.97. The van der Waals surface area contributed by atoms with Crippen molar-refractivity contribution in [1.29, 1.82) is 0 Å². The number of nitrogens with one attached hydrogen (secondary N) is 2. The third kappa shape index (κ3) is 5.08. The molecule has 0 aliphatic rings. The van der Waals surface area contributed by atoms with E-state index in [1.54, 1.807) is 18.3 Å². The number of nitrogens with zero attached hydrogens (tertiary/aromatic N) is 1. The van der Waals surface area contributed by atoms with Crippen LogP contribution in [-0.2, 0) is 12.0 Å². The monoisotopic (exact) mass is 339 g/mol. The Morgan fingerprint density at radius 2 is 2.23 bits per heavy atom. The van der Waals surface area contributed by atoms with E-state index in [0.717, 1.165) is 29.1 Å². The summed E-state index contributed by atoms with van der Waals surface area (Å²) in [5.74, 6) is 0. The molecule has 22 heavy (non-hydrogen) atoms. The summed E-state index contributed by atoms with van der Waals surface area (Å²) in [4.78, 5) is 16.1. The van der Waals surface area contributed by atoms with Crippen LogP contribution in [0.25, 0.3) is 0 Å². The van der Waals surface area contributed by atoms with E-state index in [2.05, 4.69) is 15.6 Å². The molecule has 2 aromatic rings. The van der Waals surface area contributed by atoms with Crippen LogP contribution in [0.5, 0.6) is 0 Å². The maximum atomic E-state index is 11.7. The first kappa shape index (κ1) is 16.9. The lowest BCUT2D eigenvalue weighted by Gasteiger charge is -2.22. The number of urea groups is 1. The molecule has 2 amide bonds. The highest BCUT2D eigenvalue weighted by molar-refractivity contribution is 7.09. The highest BCUT2D eigenvalue weighted by atomic mass is 32.1. The minimum Gasteiger partial charge on any atom is -0.384 e. The van der Waals surface area contributed by atoms with Crippen LogP contribution in [0.2, 0.25) is 0 Å². The van der Waals surface area contributed by atoms with E-state index in [0.29, 0.717) is 6.54 Å². The van der Waals surface area contributed by atoms with Gasteiger partial charge in [-0.3, -0.25) is 0 Å². The van der Waals surface area contributed by atoms with Gasteiger partial charge < -0.3 is 15.7 Å².